The molecule has 2 aromatic rings. The number of rotatable bonds is 4. The van der Waals surface area contributed by atoms with Gasteiger partial charge in [-0.1, -0.05) is 41.4 Å². The van der Waals surface area contributed by atoms with E-state index in [1.807, 2.05) is 0 Å². The van der Waals surface area contributed by atoms with Crippen molar-refractivity contribution in [2.75, 3.05) is 17.6 Å². The van der Waals surface area contributed by atoms with Gasteiger partial charge < -0.3 is 11.1 Å². The first-order valence-electron chi connectivity index (χ1n) is 5.86. The number of nitrogen functional groups attached to an aromatic ring is 1. The molecule has 4 heteroatoms. The van der Waals surface area contributed by atoms with Crippen LogP contribution in [0.2, 0.25) is 5.15 Å². The smallest absolute Gasteiger partial charge is 0.133 e. The van der Waals surface area contributed by atoms with E-state index in [1.54, 1.807) is 12.1 Å². The van der Waals surface area contributed by atoms with Gasteiger partial charge in [0.2, 0.25) is 0 Å². The largest absolute Gasteiger partial charge is 0.399 e. The lowest BCUT2D eigenvalue weighted by atomic mass is 10.1. The van der Waals surface area contributed by atoms with Crippen molar-refractivity contribution < 1.29 is 0 Å². The molecule has 2 rings (SSSR count). The molecule has 1 heterocycles. The summed E-state index contributed by atoms with van der Waals surface area (Å²) in [5.74, 6) is 0.715. The summed E-state index contributed by atoms with van der Waals surface area (Å²) in [6, 6.07) is 11.9. The quantitative estimate of drug-likeness (QED) is 0.831. The van der Waals surface area contributed by atoms with E-state index in [-0.39, 0.29) is 0 Å². The normalized spacial score (nSPS) is 10.3. The summed E-state index contributed by atoms with van der Waals surface area (Å²) in [4.78, 5) is 4.16. The average Bonchev–Trinajstić information content (AvgIpc) is 2.27. The fourth-order valence-corrected chi connectivity index (χ4v) is 2.03. The van der Waals surface area contributed by atoms with Gasteiger partial charge in [-0.05, 0) is 25.0 Å². The number of hydrogen-bond donors (Lipinski definition) is 2. The molecule has 0 bridgehead atoms. The van der Waals surface area contributed by atoms with Crippen LogP contribution >= 0.6 is 11.6 Å². The summed E-state index contributed by atoms with van der Waals surface area (Å²) in [5, 5.41) is 3.63. The Balaban J connectivity index is 1.92. The zero-order valence-electron chi connectivity index (χ0n) is 10.3. The number of nitrogens with one attached hydrogen (secondary N) is 1. The molecule has 0 radical (unpaired) electrons. The lowest BCUT2D eigenvalue weighted by Crippen LogP contribution is -2.07. The van der Waals surface area contributed by atoms with Crippen molar-refractivity contribution in [2.24, 2.45) is 0 Å². The predicted molar refractivity (Wildman–Crippen MR) is 77.0 cm³/mol. The van der Waals surface area contributed by atoms with Crippen LogP contribution in [-0.4, -0.2) is 11.5 Å². The molecule has 0 saturated carbocycles. The van der Waals surface area contributed by atoms with Crippen molar-refractivity contribution in [2.45, 2.75) is 13.3 Å². The molecular weight excluding hydrogens is 246 g/mol. The Bertz CT molecular complexity index is 520. The first-order chi connectivity index (χ1) is 8.63. The van der Waals surface area contributed by atoms with Crippen LogP contribution in [0.4, 0.5) is 11.5 Å². The maximum absolute atomic E-state index is 5.84. The van der Waals surface area contributed by atoms with Gasteiger partial charge in [0, 0.05) is 18.3 Å². The number of benzene rings is 1. The maximum Gasteiger partial charge on any atom is 0.133 e. The molecule has 0 fully saturated rings. The maximum atomic E-state index is 5.84. The highest BCUT2D eigenvalue weighted by atomic mass is 35.5. The lowest BCUT2D eigenvalue weighted by Gasteiger charge is -2.07. The Kier molecular flexibility index (Phi) is 4.05. The number of anilines is 2. The summed E-state index contributed by atoms with van der Waals surface area (Å²) in [5.41, 5.74) is 8.90. The third kappa shape index (κ3) is 3.64. The molecule has 0 saturated heterocycles. The molecule has 94 valence electrons. The first-order valence-corrected chi connectivity index (χ1v) is 6.24. The Morgan fingerprint density at radius 2 is 2.11 bits per heavy atom. The van der Waals surface area contributed by atoms with E-state index in [2.05, 4.69) is 41.5 Å². The van der Waals surface area contributed by atoms with Gasteiger partial charge in [-0.25, -0.2) is 4.98 Å². The van der Waals surface area contributed by atoms with Crippen LogP contribution in [0.1, 0.15) is 11.1 Å². The zero-order chi connectivity index (χ0) is 13.0. The van der Waals surface area contributed by atoms with Crippen molar-refractivity contribution in [1.82, 2.24) is 4.98 Å². The molecule has 3 N–H and O–H groups in total. The number of halogens is 1. The Morgan fingerprint density at radius 1 is 1.28 bits per heavy atom. The molecule has 0 aliphatic carbocycles. The second-order valence-electron chi connectivity index (χ2n) is 4.27. The van der Waals surface area contributed by atoms with Crippen molar-refractivity contribution in [3.63, 3.8) is 0 Å². The molecule has 0 spiro atoms. The van der Waals surface area contributed by atoms with E-state index in [4.69, 9.17) is 17.3 Å². The second kappa shape index (κ2) is 5.74. The lowest BCUT2D eigenvalue weighted by molar-refractivity contribution is 1.00. The number of nitrogens with two attached hydrogens (primary N) is 1. The predicted octanol–water partition coefficient (Wildman–Crippen LogP) is 3.28. The van der Waals surface area contributed by atoms with Crippen LogP contribution in [0, 0.1) is 6.92 Å². The molecule has 0 amide bonds. The standard InChI is InChI=1S/C14H16ClN3/c1-10-3-2-4-11(7-10)5-6-17-14-9-12(16)8-13(15)18-14/h2-4,7-9H,5-6H2,1H3,(H3,16,17,18). The minimum absolute atomic E-state index is 0.410. The van der Waals surface area contributed by atoms with Gasteiger partial charge in [0.05, 0.1) is 0 Å². The number of aromatic nitrogens is 1. The summed E-state index contributed by atoms with van der Waals surface area (Å²) < 4.78 is 0. The van der Waals surface area contributed by atoms with Crippen molar-refractivity contribution in [3.05, 3.63) is 52.7 Å². The van der Waals surface area contributed by atoms with Crippen LogP contribution in [0.5, 0.6) is 0 Å². The van der Waals surface area contributed by atoms with E-state index in [9.17, 15) is 0 Å². The highest BCUT2D eigenvalue weighted by Gasteiger charge is 1.99. The third-order valence-electron chi connectivity index (χ3n) is 2.62. The van der Waals surface area contributed by atoms with Gasteiger partial charge in [-0.3, -0.25) is 0 Å². The monoisotopic (exact) mass is 261 g/mol. The van der Waals surface area contributed by atoms with Gasteiger partial charge in [0.25, 0.3) is 0 Å². The van der Waals surface area contributed by atoms with E-state index < -0.39 is 0 Å². The van der Waals surface area contributed by atoms with E-state index in [1.165, 1.54) is 11.1 Å². The number of nitrogens with zero attached hydrogens (tertiary/aromatic N) is 1. The third-order valence-corrected chi connectivity index (χ3v) is 2.81. The summed E-state index contributed by atoms with van der Waals surface area (Å²) >= 11 is 5.84. The topological polar surface area (TPSA) is 50.9 Å². The fraction of sp³-hybridized carbons (Fsp3) is 0.214. The molecule has 0 unspecified atom stereocenters. The highest BCUT2D eigenvalue weighted by Crippen LogP contribution is 2.15. The second-order valence-corrected chi connectivity index (χ2v) is 4.66. The van der Waals surface area contributed by atoms with Crippen LogP contribution in [0.15, 0.2) is 36.4 Å². The van der Waals surface area contributed by atoms with Crippen LogP contribution < -0.4 is 11.1 Å². The van der Waals surface area contributed by atoms with E-state index in [0.717, 1.165) is 13.0 Å². The fourth-order valence-electron chi connectivity index (χ4n) is 1.81. The van der Waals surface area contributed by atoms with Gasteiger partial charge in [0.15, 0.2) is 0 Å². The number of pyridine rings is 1. The van der Waals surface area contributed by atoms with Crippen molar-refractivity contribution >= 4 is 23.1 Å². The first kappa shape index (κ1) is 12.7. The molecule has 1 aromatic heterocycles. The Hall–Kier alpha value is -1.74. The summed E-state index contributed by atoms with van der Waals surface area (Å²) in [7, 11) is 0. The van der Waals surface area contributed by atoms with E-state index >= 15 is 0 Å². The molecule has 0 aliphatic rings. The molecule has 1 aromatic carbocycles. The van der Waals surface area contributed by atoms with E-state index in [0.29, 0.717) is 16.7 Å². The van der Waals surface area contributed by atoms with Gasteiger partial charge in [-0.15, -0.1) is 0 Å². The molecule has 18 heavy (non-hydrogen) atoms. The summed E-state index contributed by atoms with van der Waals surface area (Å²) in [6.07, 6.45) is 0.940. The molecule has 3 nitrogen and oxygen atoms in total. The minimum atomic E-state index is 0.410. The van der Waals surface area contributed by atoms with Gasteiger partial charge in [0.1, 0.15) is 11.0 Å². The Morgan fingerprint density at radius 3 is 2.83 bits per heavy atom. The Labute approximate surface area is 112 Å². The number of aryl methyl sites for hydroxylation is 1. The SMILES string of the molecule is Cc1cccc(CCNc2cc(N)cc(Cl)n2)c1. The van der Waals surface area contributed by atoms with Crippen LogP contribution in [0.3, 0.4) is 0 Å². The van der Waals surface area contributed by atoms with Crippen LogP contribution in [0.25, 0.3) is 0 Å². The average molecular weight is 262 g/mol. The van der Waals surface area contributed by atoms with Crippen LogP contribution in [-0.2, 0) is 6.42 Å². The van der Waals surface area contributed by atoms with Crippen molar-refractivity contribution in [3.8, 4) is 0 Å². The zero-order valence-corrected chi connectivity index (χ0v) is 11.0. The summed E-state index contributed by atoms with van der Waals surface area (Å²) in [6.45, 7) is 2.90. The highest BCUT2D eigenvalue weighted by molar-refractivity contribution is 6.29. The van der Waals surface area contributed by atoms with Gasteiger partial charge >= 0.3 is 0 Å². The molecule has 0 aliphatic heterocycles. The van der Waals surface area contributed by atoms with Crippen molar-refractivity contribution in [1.29, 1.82) is 0 Å². The number of hydrogen-bond acceptors (Lipinski definition) is 3. The molecular formula is C14H16ClN3. The van der Waals surface area contributed by atoms with Gasteiger partial charge in [-0.2, -0.15) is 0 Å². The molecule has 0 atom stereocenters. The minimum Gasteiger partial charge on any atom is -0.399 e.